The zero-order valence-electron chi connectivity index (χ0n) is 14.4. The van der Waals surface area contributed by atoms with Gasteiger partial charge in [0.2, 0.25) is 12.7 Å². The van der Waals surface area contributed by atoms with Crippen molar-refractivity contribution >= 4 is 5.91 Å². The number of hydrogen-bond acceptors (Lipinski definition) is 4. The molecular weight excluding hydrogens is 335 g/mol. The van der Waals surface area contributed by atoms with Crippen molar-refractivity contribution in [3.63, 3.8) is 0 Å². The standard InChI is InChI=1S/C20H21FN2O3/c21-17-4-2-1-3-15(17)11-23(16-6-7-16)12-20(24)22-10-14-5-8-18-19(9-14)26-13-25-18/h1-5,8-9,16H,6-7,10-13H2,(H,22,24). The van der Waals surface area contributed by atoms with Crippen molar-refractivity contribution in [2.24, 2.45) is 0 Å². The number of carbonyl (C=O) groups excluding carboxylic acids is 1. The first-order valence-electron chi connectivity index (χ1n) is 8.82. The van der Waals surface area contributed by atoms with E-state index >= 15 is 0 Å². The van der Waals surface area contributed by atoms with Crippen LogP contribution in [0.25, 0.3) is 0 Å². The Balaban J connectivity index is 1.33. The second kappa shape index (κ2) is 7.33. The number of halogens is 1. The third-order valence-corrected chi connectivity index (χ3v) is 4.67. The lowest BCUT2D eigenvalue weighted by molar-refractivity contribution is -0.122. The fourth-order valence-corrected chi connectivity index (χ4v) is 3.09. The Morgan fingerprint density at radius 2 is 1.96 bits per heavy atom. The van der Waals surface area contributed by atoms with Gasteiger partial charge in [0.05, 0.1) is 6.54 Å². The third-order valence-electron chi connectivity index (χ3n) is 4.67. The molecule has 0 aromatic heterocycles. The van der Waals surface area contributed by atoms with Gasteiger partial charge in [0.1, 0.15) is 5.82 Å². The number of ether oxygens (including phenoxy) is 2. The van der Waals surface area contributed by atoms with E-state index in [0.717, 1.165) is 24.2 Å². The summed E-state index contributed by atoms with van der Waals surface area (Å²) in [6, 6.07) is 12.7. The van der Waals surface area contributed by atoms with E-state index in [4.69, 9.17) is 9.47 Å². The highest BCUT2D eigenvalue weighted by atomic mass is 19.1. The Bertz CT molecular complexity index is 807. The molecule has 26 heavy (non-hydrogen) atoms. The maximum Gasteiger partial charge on any atom is 0.234 e. The number of fused-ring (bicyclic) bond motifs is 1. The van der Waals surface area contributed by atoms with E-state index in [1.165, 1.54) is 6.07 Å². The number of hydrogen-bond donors (Lipinski definition) is 1. The molecule has 0 saturated heterocycles. The highest BCUT2D eigenvalue weighted by molar-refractivity contribution is 5.78. The van der Waals surface area contributed by atoms with E-state index in [2.05, 4.69) is 5.32 Å². The number of amides is 1. The molecule has 1 amide bonds. The summed E-state index contributed by atoms with van der Waals surface area (Å²) in [5.74, 6) is 1.14. The van der Waals surface area contributed by atoms with Crippen LogP contribution in [-0.4, -0.2) is 30.2 Å². The van der Waals surface area contributed by atoms with Crippen molar-refractivity contribution in [2.45, 2.75) is 32.0 Å². The summed E-state index contributed by atoms with van der Waals surface area (Å²) in [7, 11) is 0. The van der Waals surface area contributed by atoms with E-state index in [-0.39, 0.29) is 25.1 Å². The maximum absolute atomic E-state index is 13.9. The topological polar surface area (TPSA) is 50.8 Å². The zero-order valence-corrected chi connectivity index (χ0v) is 14.4. The molecule has 0 atom stereocenters. The van der Waals surface area contributed by atoms with Gasteiger partial charge in [-0.2, -0.15) is 0 Å². The largest absolute Gasteiger partial charge is 0.454 e. The third kappa shape index (κ3) is 3.96. The SMILES string of the molecule is O=C(CN(Cc1ccccc1F)C1CC1)NCc1ccc2c(c1)OCO2. The van der Waals surface area contributed by atoms with Gasteiger partial charge >= 0.3 is 0 Å². The van der Waals surface area contributed by atoms with Crippen LogP contribution in [0.4, 0.5) is 4.39 Å². The number of carbonyl (C=O) groups is 1. The normalized spacial score (nSPS) is 15.3. The van der Waals surface area contributed by atoms with Crippen LogP contribution in [0, 0.1) is 5.82 Å². The quantitative estimate of drug-likeness (QED) is 0.829. The monoisotopic (exact) mass is 356 g/mol. The van der Waals surface area contributed by atoms with Crippen LogP contribution in [0.1, 0.15) is 24.0 Å². The van der Waals surface area contributed by atoms with Crippen LogP contribution in [0.3, 0.4) is 0 Å². The lowest BCUT2D eigenvalue weighted by Crippen LogP contribution is -2.38. The van der Waals surface area contributed by atoms with Crippen molar-refractivity contribution in [1.29, 1.82) is 0 Å². The van der Waals surface area contributed by atoms with Crippen molar-refractivity contribution in [3.05, 3.63) is 59.4 Å². The summed E-state index contributed by atoms with van der Waals surface area (Å²) >= 11 is 0. The minimum absolute atomic E-state index is 0.0640. The fraction of sp³-hybridized carbons (Fsp3) is 0.350. The number of nitrogens with one attached hydrogen (secondary N) is 1. The predicted octanol–water partition coefficient (Wildman–Crippen LogP) is 2.84. The second-order valence-corrected chi connectivity index (χ2v) is 6.69. The van der Waals surface area contributed by atoms with Gasteiger partial charge in [0.15, 0.2) is 11.5 Å². The average molecular weight is 356 g/mol. The van der Waals surface area contributed by atoms with Crippen molar-refractivity contribution in [3.8, 4) is 11.5 Å². The summed E-state index contributed by atoms with van der Waals surface area (Å²) in [5.41, 5.74) is 1.58. The molecule has 1 saturated carbocycles. The van der Waals surface area contributed by atoms with Gasteiger partial charge in [0, 0.05) is 24.7 Å². The van der Waals surface area contributed by atoms with Crippen molar-refractivity contribution < 1.29 is 18.7 Å². The lowest BCUT2D eigenvalue weighted by Gasteiger charge is -2.21. The predicted molar refractivity (Wildman–Crippen MR) is 94.2 cm³/mol. The van der Waals surface area contributed by atoms with Gasteiger partial charge in [-0.15, -0.1) is 0 Å². The number of nitrogens with zero attached hydrogens (tertiary/aromatic N) is 1. The lowest BCUT2D eigenvalue weighted by atomic mass is 10.2. The minimum atomic E-state index is -0.223. The first-order valence-corrected chi connectivity index (χ1v) is 8.82. The Kier molecular flexibility index (Phi) is 4.75. The van der Waals surface area contributed by atoms with Crippen LogP contribution in [-0.2, 0) is 17.9 Å². The molecule has 2 aromatic rings. The van der Waals surface area contributed by atoms with E-state index < -0.39 is 0 Å². The van der Waals surface area contributed by atoms with Gasteiger partial charge < -0.3 is 14.8 Å². The highest BCUT2D eigenvalue weighted by Gasteiger charge is 2.30. The molecule has 0 unspecified atom stereocenters. The van der Waals surface area contributed by atoms with Gasteiger partial charge in [0.25, 0.3) is 0 Å². The van der Waals surface area contributed by atoms with Gasteiger partial charge in [-0.1, -0.05) is 24.3 Å². The summed E-state index contributed by atoms with van der Waals surface area (Å²) in [4.78, 5) is 14.4. The first-order chi connectivity index (χ1) is 12.7. The molecule has 4 rings (SSSR count). The van der Waals surface area contributed by atoms with E-state index in [9.17, 15) is 9.18 Å². The molecule has 1 N–H and O–H groups in total. The zero-order chi connectivity index (χ0) is 17.9. The fourth-order valence-electron chi connectivity index (χ4n) is 3.09. The van der Waals surface area contributed by atoms with Crippen LogP contribution in [0.5, 0.6) is 11.5 Å². The van der Waals surface area contributed by atoms with Gasteiger partial charge in [-0.05, 0) is 36.6 Å². The van der Waals surface area contributed by atoms with Crippen LogP contribution in [0.2, 0.25) is 0 Å². The molecule has 1 aliphatic heterocycles. The molecule has 2 aliphatic rings. The smallest absolute Gasteiger partial charge is 0.234 e. The Labute approximate surface area is 151 Å². The average Bonchev–Trinajstić information content (AvgIpc) is 3.39. The Morgan fingerprint density at radius 1 is 1.15 bits per heavy atom. The molecule has 6 heteroatoms. The first kappa shape index (κ1) is 16.8. The van der Waals surface area contributed by atoms with E-state index in [0.29, 0.717) is 30.4 Å². The Morgan fingerprint density at radius 3 is 2.77 bits per heavy atom. The van der Waals surface area contributed by atoms with Crippen molar-refractivity contribution in [1.82, 2.24) is 10.2 Å². The summed E-state index contributed by atoms with van der Waals surface area (Å²) < 4.78 is 24.5. The maximum atomic E-state index is 13.9. The van der Waals surface area contributed by atoms with Crippen LogP contribution >= 0.6 is 0 Å². The summed E-state index contributed by atoms with van der Waals surface area (Å²) in [6.45, 7) is 1.38. The molecule has 1 heterocycles. The van der Waals surface area contributed by atoms with Gasteiger partial charge in [-0.25, -0.2) is 4.39 Å². The second-order valence-electron chi connectivity index (χ2n) is 6.69. The highest BCUT2D eigenvalue weighted by Crippen LogP contribution is 2.32. The molecule has 1 aliphatic carbocycles. The molecule has 136 valence electrons. The van der Waals surface area contributed by atoms with Crippen LogP contribution in [0.15, 0.2) is 42.5 Å². The number of rotatable bonds is 7. The molecule has 1 fully saturated rings. The van der Waals surface area contributed by atoms with Gasteiger partial charge in [-0.3, -0.25) is 9.69 Å². The van der Waals surface area contributed by atoms with Crippen LogP contribution < -0.4 is 14.8 Å². The summed E-state index contributed by atoms with van der Waals surface area (Å²) in [6.07, 6.45) is 2.12. The number of benzene rings is 2. The molecule has 0 bridgehead atoms. The molecule has 0 spiro atoms. The molecule has 0 radical (unpaired) electrons. The molecular formula is C20H21FN2O3. The molecule has 5 nitrogen and oxygen atoms in total. The van der Waals surface area contributed by atoms with Crippen molar-refractivity contribution in [2.75, 3.05) is 13.3 Å². The summed E-state index contributed by atoms with van der Waals surface area (Å²) in [5, 5.41) is 2.93. The minimum Gasteiger partial charge on any atom is -0.454 e. The Hall–Kier alpha value is -2.60. The van der Waals surface area contributed by atoms with E-state index in [1.807, 2.05) is 29.2 Å². The molecule has 2 aromatic carbocycles. The van der Waals surface area contributed by atoms with E-state index in [1.54, 1.807) is 12.1 Å².